The second-order valence-electron chi connectivity index (χ2n) is 7.53. The van der Waals surface area contributed by atoms with Crippen LogP contribution in [0.3, 0.4) is 0 Å². The molecule has 2 bridgehead atoms. The molecule has 2 aliphatic rings. The number of fused-ring (bicyclic) bond motifs is 4. The summed E-state index contributed by atoms with van der Waals surface area (Å²) in [5, 5.41) is 3.53. The van der Waals surface area contributed by atoms with Crippen LogP contribution in [0.1, 0.15) is 36.6 Å². The summed E-state index contributed by atoms with van der Waals surface area (Å²) in [4.78, 5) is 39.6. The number of hydrogen-bond donors (Lipinski definition) is 1. The van der Waals surface area contributed by atoms with E-state index in [1.807, 2.05) is 24.3 Å². The third-order valence-corrected chi connectivity index (χ3v) is 6.14. The maximum atomic E-state index is 13.2. The molecule has 3 heterocycles. The highest BCUT2D eigenvalue weighted by Crippen LogP contribution is 2.41. The Kier molecular flexibility index (Phi) is 4.98. The molecular weight excluding hydrogens is 378 g/mol. The van der Waals surface area contributed by atoms with Gasteiger partial charge in [0.15, 0.2) is 0 Å². The number of carbonyl (C=O) groups is 2. The first-order chi connectivity index (χ1) is 13.5. The predicted molar refractivity (Wildman–Crippen MR) is 106 cm³/mol. The number of hydrogen-bond acceptors (Lipinski definition) is 3. The van der Waals surface area contributed by atoms with Gasteiger partial charge in [0.25, 0.3) is 5.56 Å². The lowest BCUT2D eigenvalue weighted by atomic mass is 9.78. The zero-order valence-electron chi connectivity index (χ0n) is 15.6. The van der Waals surface area contributed by atoms with E-state index in [1.54, 1.807) is 28.5 Å². The predicted octanol–water partition coefficient (Wildman–Crippen LogP) is 2.32. The minimum Gasteiger partial charge on any atom is -0.350 e. The van der Waals surface area contributed by atoms with Crippen LogP contribution < -0.4 is 10.9 Å². The lowest BCUT2D eigenvalue weighted by Crippen LogP contribution is -2.54. The van der Waals surface area contributed by atoms with Gasteiger partial charge in [0.2, 0.25) is 11.8 Å². The fourth-order valence-electron chi connectivity index (χ4n) is 4.46. The number of benzene rings is 1. The van der Waals surface area contributed by atoms with E-state index in [0.29, 0.717) is 24.7 Å². The fourth-order valence-corrected chi connectivity index (χ4v) is 4.66. The molecule has 146 valence electrons. The van der Waals surface area contributed by atoms with Gasteiger partial charge in [0, 0.05) is 55.2 Å². The SMILES string of the molecule is CC(=O)N1C[C@H]2C[C@@H](C1)[C@H](C(=O)NCc1ccccc1Cl)n1c2cccc1=O. The Labute approximate surface area is 168 Å². The molecular formula is C21H22ClN3O3. The molecule has 2 aromatic rings. The Hall–Kier alpha value is -2.60. The van der Waals surface area contributed by atoms with E-state index in [4.69, 9.17) is 11.6 Å². The maximum Gasteiger partial charge on any atom is 0.251 e. The number of pyridine rings is 1. The quantitative estimate of drug-likeness (QED) is 0.861. The third-order valence-electron chi connectivity index (χ3n) is 5.77. The molecule has 7 heteroatoms. The largest absolute Gasteiger partial charge is 0.350 e. The molecule has 0 unspecified atom stereocenters. The third kappa shape index (κ3) is 3.33. The van der Waals surface area contributed by atoms with Gasteiger partial charge in [-0.25, -0.2) is 0 Å². The van der Waals surface area contributed by atoms with Crippen molar-refractivity contribution in [3.8, 4) is 0 Å². The lowest BCUT2D eigenvalue weighted by Gasteiger charge is -2.46. The van der Waals surface area contributed by atoms with Gasteiger partial charge in [0.1, 0.15) is 6.04 Å². The summed E-state index contributed by atoms with van der Waals surface area (Å²) in [6, 6.07) is 11.8. The zero-order chi connectivity index (χ0) is 19.8. The Balaban J connectivity index is 1.66. The van der Waals surface area contributed by atoms with Crippen molar-refractivity contribution in [1.29, 1.82) is 0 Å². The van der Waals surface area contributed by atoms with Crippen molar-refractivity contribution in [3.63, 3.8) is 0 Å². The van der Waals surface area contributed by atoms with Gasteiger partial charge < -0.3 is 10.2 Å². The van der Waals surface area contributed by atoms with Crippen LogP contribution >= 0.6 is 11.6 Å². The van der Waals surface area contributed by atoms with Crippen molar-refractivity contribution in [2.24, 2.45) is 5.92 Å². The van der Waals surface area contributed by atoms with Gasteiger partial charge in [-0.2, -0.15) is 0 Å². The minimum atomic E-state index is -0.635. The van der Waals surface area contributed by atoms with Crippen LogP contribution in [0.15, 0.2) is 47.3 Å². The summed E-state index contributed by atoms with van der Waals surface area (Å²) >= 11 is 6.19. The van der Waals surface area contributed by atoms with Crippen molar-refractivity contribution in [2.75, 3.05) is 13.1 Å². The first-order valence-corrected chi connectivity index (χ1v) is 9.81. The number of nitrogens with one attached hydrogen (secondary N) is 1. The molecule has 1 saturated heterocycles. The zero-order valence-corrected chi connectivity index (χ0v) is 16.4. The van der Waals surface area contributed by atoms with Crippen molar-refractivity contribution in [3.05, 3.63) is 69.1 Å². The molecule has 28 heavy (non-hydrogen) atoms. The van der Waals surface area contributed by atoms with E-state index in [9.17, 15) is 14.4 Å². The second-order valence-corrected chi connectivity index (χ2v) is 7.94. The summed E-state index contributed by atoms with van der Waals surface area (Å²) in [7, 11) is 0. The number of halogens is 1. The summed E-state index contributed by atoms with van der Waals surface area (Å²) in [5.74, 6) is -0.245. The average Bonchev–Trinajstić information content (AvgIpc) is 2.68. The number of piperidine rings is 1. The Morgan fingerprint density at radius 2 is 1.93 bits per heavy atom. The minimum absolute atomic E-state index is 0.00310. The van der Waals surface area contributed by atoms with Gasteiger partial charge in [-0.15, -0.1) is 0 Å². The standard InChI is InChI=1S/C21H22ClN3O3/c1-13(26)24-11-15-9-16(12-24)20(25-18(15)7-4-8-19(25)27)21(28)23-10-14-5-2-3-6-17(14)22/h2-8,15-16,20H,9-12H2,1H3,(H,23,28)/t15-,16+,20-/m1/s1. The molecule has 0 saturated carbocycles. The fraction of sp³-hybridized carbons (Fsp3) is 0.381. The average molecular weight is 400 g/mol. The molecule has 1 fully saturated rings. The van der Waals surface area contributed by atoms with Crippen LogP contribution in [0.4, 0.5) is 0 Å². The molecule has 4 rings (SSSR count). The van der Waals surface area contributed by atoms with Crippen LogP contribution in [0.5, 0.6) is 0 Å². The molecule has 2 amide bonds. The monoisotopic (exact) mass is 399 g/mol. The van der Waals surface area contributed by atoms with E-state index in [-0.39, 0.29) is 29.2 Å². The van der Waals surface area contributed by atoms with Gasteiger partial charge in [-0.3, -0.25) is 19.0 Å². The first kappa shape index (κ1) is 18.7. The van der Waals surface area contributed by atoms with Gasteiger partial charge in [-0.1, -0.05) is 35.9 Å². The number of amides is 2. The highest BCUT2D eigenvalue weighted by molar-refractivity contribution is 6.31. The van der Waals surface area contributed by atoms with E-state index in [1.165, 1.54) is 6.07 Å². The van der Waals surface area contributed by atoms with Crippen LogP contribution in [-0.2, 0) is 16.1 Å². The number of rotatable bonds is 3. The molecule has 6 nitrogen and oxygen atoms in total. The molecule has 0 spiro atoms. The number of nitrogens with zero attached hydrogens (tertiary/aromatic N) is 2. The highest BCUT2D eigenvalue weighted by Gasteiger charge is 2.44. The summed E-state index contributed by atoms with van der Waals surface area (Å²) in [6.07, 6.45) is 0.789. The van der Waals surface area contributed by atoms with Gasteiger partial charge in [0.05, 0.1) is 0 Å². The normalized spacial score (nSPS) is 23.1. The number of likely N-dealkylation sites (tertiary alicyclic amines) is 1. The Bertz CT molecular complexity index is 987. The van der Waals surface area contributed by atoms with Crippen LogP contribution in [-0.4, -0.2) is 34.4 Å². The molecule has 1 aromatic carbocycles. The first-order valence-electron chi connectivity index (χ1n) is 9.43. The topological polar surface area (TPSA) is 71.4 Å². The molecule has 0 aliphatic carbocycles. The second kappa shape index (κ2) is 7.43. The smallest absolute Gasteiger partial charge is 0.251 e. The van der Waals surface area contributed by atoms with Crippen LogP contribution in [0, 0.1) is 5.92 Å². The summed E-state index contributed by atoms with van der Waals surface area (Å²) in [5.41, 5.74) is 1.47. The number of aromatic nitrogens is 1. The van der Waals surface area contributed by atoms with E-state index >= 15 is 0 Å². The molecule has 2 aliphatic heterocycles. The number of carbonyl (C=O) groups excluding carboxylic acids is 2. The molecule has 3 atom stereocenters. The van der Waals surface area contributed by atoms with Gasteiger partial charge in [-0.05, 0) is 24.1 Å². The Morgan fingerprint density at radius 1 is 1.14 bits per heavy atom. The Morgan fingerprint density at radius 3 is 2.68 bits per heavy atom. The van der Waals surface area contributed by atoms with Gasteiger partial charge >= 0.3 is 0 Å². The van der Waals surface area contributed by atoms with Crippen LogP contribution in [0.2, 0.25) is 5.02 Å². The lowest BCUT2D eigenvalue weighted by molar-refractivity contribution is -0.135. The van der Waals surface area contributed by atoms with Crippen molar-refractivity contribution < 1.29 is 9.59 Å². The summed E-state index contributed by atoms with van der Waals surface area (Å²) < 4.78 is 1.62. The molecule has 1 N–H and O–H groups in total. The van der Waals surface area contributed by atoms with E-state index in [2.05, 4.69) is 5.32 Å². The van der Waals surface area contributed by atoms with Crippen molar-refractivity contribution in [2.45, 2.75) is 31.8 Å². The van der Waals surface area contributed by atoms with Crippen LogP contribution in [0.25, 0.3) is 0 Å². The van der Waals surface area contributed by atoms with Crippen molar-refractivity contribution >= 4 is 23.4 Å². The van der Waals surface area contributed by atoms with Crippen molar-refractivity contribution in [1.82, 2.24) is 14.8 Å². The highest BCUT2D eigenvalue weighted by atomic mass is 35.5. The molecule has 1 aromatic heterocycles. The molecule has 0 radical (unpaired) electrons. The summed E-state index contributed by atoms with van der Waals surface area (Å²) in [6.45, 7) is 2.91. The van der Waals surface area contributed by atoms with E-state index in [0.717, 1.165) is 17.7 Å². The van der Waals surface area contributed by atoms with E-state index < -0.39 is 6.04 Å². The maximum absolute atomic E-state index is 13.2.